The van der Waals surface area contributed by atoms with Gasteiger partial charge in [-0.25, -0.2) is 13.1 Å². The number of nitrogens with two attached hydrogens (primary N) is 1. The Hall–Kier alpha value is -1.27. The van der Waals surface area contributed by atoms with E-state index in [0.717, 1.165) is 6.42 Å². The number of nitrogen functional groups attached to an aromatic ring is 1. The van der Waals surface area contributed by atoms with Crippen LogP contribution in [0.5, 0.6) is 5.75 Å². The van der Waals surface area contributed by atoms with Crippen LogP contribution in [-0.2, 0) is 10.0 Å². The van der Waals surface area contributed by atoms with Gasteiger partial charge in [0.25, 0.3) is 0 Å². The van der Waals surface area contributed by atoms with E-state index in [0.29, 0.717) is 18.0 Å². The van der Waals surface area contributed by atoms with Gasteiger partial charge < -0.3 is 10.5 Å². The highest BCUT2D eigenvalue weighted by Crippen LogP contribution is 2.27. The molecule has 0 aliphatic rings. The van der Waals surface area contributed by atoms with E-state index < -0.39 is 10.0 Å². The van der Waals surface area contributed by atoms with Crippen molar-refractivity contribution >= 4 is 15.7 Å². The predicted molar refractivity (Wildman–Crippen MR) is 81.3 cm³/mol. The molecule has 0 saturated heterocycles. The van der Waals surface area contributed by atoms with Gasteiger partial charge in [-0.3, -0.25) is 0 Å². The van der Waals surface area contributed by atoms with Crippen LogP contribution in [0.4, 0.5) is 5.69 Å². The second kappa shape index (κ2) is 6.95. The van der Waals surface area contributed by atoms with Crippen molar-refractivity contribution in [1.29, 1.82) is 0 Å². The van der Waals surface area contributed by atoms with Crippen molar-refractivity contribution in [3.05, 3.63) is 18.2 Å². The molecule has 1 unspecified atom stereocenters. The monoisotopic (exact) mass is 300 g/mol. The molecule has 0 fully saturated rings. The minimum absolute atomic E-state index is 0.0958. The van der Waals surface area contributed by atoms with Crippen LogP contribution < -0.4 is 15.2 Å². The predicted octanol–water partition coefficient (Wildman–Crippen LogP) is 2.38. The van der Waals surface area contributed by atoms with E-state index in [2.05, 4.69) is 4.72 Å². The van der Waals surface area contributed by atoms with Crippen molar-refractivity contribution in [2.75, 3.05) is 12.3 Å². The lowest BCUT2D eigenvalue weighted by molar-refractivity contribution is 0.330. The lowest BCUT2D eigenvalue weighted by Gasteiger charge is -2.21. The summed E-state index contributed by atoms with van der Waals surface area (Å²) in [7, 11) is -3.65. The summed E-state index contributed by atoms with van der Waals surface area (Å²) >= 11 is 0. The van der Waals surface area contributed by atoms with Crippen LogP contribution in [0.3, 0.4) is 0 Å². The van der Waals surface area contributed by atoms with E-state index >= 15 is 0 Å². The Kier molecular flexibility index (Phi) is 5.83. The molecular formula is C14H24N2O3S. The van der Waals surface area contributed by atoms with Crippen molar-refractivity contribution < 1.29 is 13.2 Å². The first kappa shape index (κ1) is 16.8. The fourth-order valence-corrected chi connectivity index (χ4v) is 3.61. The summed E-state index contributed by atoms with van der Waals surface area (Å²) in [5.74, 6) is 0.541. The van der Waals surface area contributed by atoms with Crippen molar-refractivity contribution in [1.82, 2.24) is 4.72 Å². The first-order valence-corrected chi connectivity index (χ1v) is 8.34. The van der Waals surface area contributed by atoms with E-state index in [9.17, 15) is 8.42 Å². The molecule has 0 aliphatic carbocycles. The maximum absolute atomic E-state index is 12.5. The van der Waals surface area contributed by atoms with Crippen LogP contribution in [0.2, 0.25) is 0 Å². The molecule has 3 N–H and O–H groups in total. The molecule has 0 bridgehead atoms. The fourth-order valence-electron chi connectivity index (χ4n) is 1.96. The van der Waals surface area contributed by atoms with E-state index in [1.165, 1.54) is 6.07 Å². The zero-order chi connectivity index (χ0) is 15.3. The summed E-state index contributed by atoms with van der Waals surface area (Å²) in [6, 6.07) is 4.53. The summed E-state index contributed by atoms with van der Waals surface area (Å²) in [4.78, 5) is 0.0958. The van der Waals surface area contributed by atoms with Crippen LogP contribution in [0.1, 0.15) is 34.1 Å². The summed E-state index contributed by atoms with van der Waals surface area (Å²) in [6.07, 6.45) is 0.725. The average Bonchev–Trinajstić information content (AvgIpc) is 2.38. The van der Waals surface area contributed by atoms with Crippen molar-refractivity contribution in [3.8, 4) is 5.75 Å². The van der Waals surface area contributed by atoms with Gasteiger partial charge in [0, 0.05) is 11.7 Å². The molecule has 6 heteroatoms. The van der Waals surface area contributed by atoms with Crippen molar-refractivity contribution in [2.24, 2.45) is 5.92 Å². The Morgan fingerprint density at radius 1 is 1.30 bits per heavy atom. The second-order valence-corrected chi connectivity index (χ2v) is 6.70. The molecule has 20 heavy (non-hydrogen) atoms. The quantitative estimate of drug-likeness (QED) is 0.758. The summed E-state index contributed by atoms with van der Waals surface area (Å²) in [5, 5.41) is 0. The molecule has 0 aromatic heterocycles. The third-order valence-electron chi connectivity index (χ3n) is 3.11. The van der Waals surface area contributed by atoms with Crippen molar-refractivity contribution in [2.45, 2.75) is 45.1 Å². The molecule has 1 aromatic rings. The Morgan fingerprint density at radius 3 is 2.45 bits per heavy atom. The highest BCUT2D eigenvalue weighted by atomic mass is 32.2. The van der Waals surface area contributed by atoms with Crippen LogP contribution in [0, 0.1) is 5.92 Å². The van der Waals surface area contributed by atoms with E-state index in [1.54, 1.807) is 12.1 Å². The number of hydrogen-bond acceptors (Lipinski definition) is 4. The molecule has 1 atom stereocenters. The average molecular weight is 300 g/mol. The molecule has 0 aliphatic heterocycles. The molecule has 0 amide bonds. The molecule has 0 radical (unpaired) electrons. The summed E-state index contributed by atoms with van der Waals surface area (Å²) in [5.41, 5.74) is 6.09. The number of benzene rings is 1. The Bertz CT molecular complexity index is 541. The normalized spacial score (nSPS) is 13.4. The maximum Gasteiger partial charge on any atom is 0.244 e. The first-order chi connectivity index (χ1) is 9.31. The van der Waals surface area contributed by atoms with Gasteiger partial charge in [0.15, 0.2) is 0 Å². The van der Waals surface area contributed by atoms with E-state index in [1.807, 2.05) is 27.7 Å². The van der Waals surface area contributed by atoms with E-state index in [4.69, 9.17) is 10.5 Å². The van der Waals surface area contributed by atoms with Crippen LogP contribution in [-0.4, -0.2) is 21.1 Å². The minimum atomic E-state index is -3.65. The molecule has 5 nitrogen and oxygen atoms in total. The number of nitrogens with one attached hydrogen (secondary N) is 1. The molecule has 1 aromatic carbocycles. The van der Waals surface area contributed by atoms with Gasteiger partial charge in [-0.1, -0.05) is 20.8 Å². The number of anilines is 1. The zero-order valence-electron chi connectivity index (χ0n) is 12.5. The maximum atomic E-state index is 12.5. The lowest BCUT2D eigenvalue weighted by atomic mass is 10.0. The van der Waals surface area contributed by atoms with Gasteiger partial charge in [0.1, 0.15) is 10.6 Å². The molecule has 0 spiro atoms. The van der Waals surface area contributed by atoms with Crippen LogP contribution in [0.15, 0.2) is 23.1 Å². The lowest BCUT2D eigenvalue weighted by Crippen LogP contribution is -2.38. The smallest absolute Gasteiger partial charge is 0.244 e. The highest BCUT2D eigenvalue weighted by molar-refractivity contribution is 7.89. The Balaban J connectivity index is 3.17. The van der Waals surface area contributed by atoms with Gasteiger partial charge in [-0.2, -0.15) is 0 Å². The summed E-state index contributed by atoms with van der Waals surface area (Å²) < 4.78 is 33.1. The number of rotatable bonds is 7. The summed E-state index contributed by atoms with van der Waals surface area (Å²) in [6.45, 7) is 8.13. The largest absolute Gasteiger partial charge is 0.492 e. The minimum Gasteiger partial charge on any atom is -0.492 e. The van der Waals surface area contributed by atoms with E-state index in [-0.39, 0.29) is 16.9 Å². The third kappa shape index (κ3) is 4.11. The van der Waals surface area contributed by atoms with Gasteiger partial charge in [-0.05, 0) is 37.5 Å². The molecule has 1 rings (SSSR count). The van der Waals surface area contributed by atoms with Crippen molar-refractivity contribution in [3.63, 3.8) is 0 Å². The van der Waals surface area contributed by atoms with Gasteiger partial charge in [0.05, 0.1) is 6.61 Å². The van der Waals surface area contributed by atoms with Crippen LogP contribution >= 0.6 is 0 Å². The van der Waals surface area contributed by atoms with Gasteiger partial charge in [-0.15, -0.1) is 0 Å². The standard InChI is InChI=1S/C14H24N2O3S/c1-5-12(10(3)4)16-20(17,18)14-9-11(15)7-8-13(14)19-6-2/h7-10,12,16H,5-6,15H2,1-4H3. The third-order valence-corrected chi connectivity index (χ3v) is 4.62. The number of sulfonamides is 1. The molecule has 0 heterocycles. The molecular weight excluding hydrogens is 276 g/mol. The SMILES string of the molecule is CCOc1ccc(N)cc1S(=O)(=O)NC(CC)C(C)C. The Morgan fingerprint density at radius 2 is 1.95 bits per heavy atom. The fraction of sp³-hybridized carbons (Fsp3) is 0.571. The molecule has 0 saturated carbocycles. The topological polar surface area (TPSA) is 81.4 Å². The van der Waals surface area contributed by atoms with Gasteiger partial charge >= 0.3 is 0 Å². The second-order valence-electron chi connectivity index (χ2n) is 5.02. The number of ether oxygens (including phenoxy) is 1. The molecule has 114 valence electrons. The highest BCUT2D eigenvalue weighted by Gasteiger charge is 2.24. The number of hydrogen-bond donors (Lipinski definition) is 2. The first-order valence-electron chi connectivity index (χ1n) is 6.86. The zero-order valence-corrected chi connectivity index (χ0v) is 13.3. The van der Waals surface area contributed by atoms with Crippen LogP contribution in [0.25, 0.3) is 0 Å². The Labute approximate surface area is 121 Å². The van der Waals surface area contributed by atoms with Gasteiger partial charge in [0.2, 0.25) is 10.0 Å².